The molecule has 0 radical (unpaired) electrons. The summed E-state index contributed by atoms with van der Waals surface area (Å²) in [6.07, 6.45) is 2.50. The zero-order chi connectivity index (χ0) is 14.0. The molecule has 4 heteroatoms. The van der Waals surface area contributed by atoms with Crippen LogP contribution in [0.5, 0.6) is 0 Å². The maximum Gasteiger partial charge on any atom is 0.141 e. The Morgan fingerprint density at radius 2 is 2.21 bits per heavy atom. The molecular formula is C15H24FN3. The second-order valence-corrected chi connectivity index (χ2v) is 6.01. The molecule has 0 aromatic carbocycles. The number of hydrogen-bond acceptors (Lipinski definition) is 3. The fourth-order valence-electron chi connectivity index (χ4n) is 2.77. The van der Waals surface area contributed by atoms with Crippen LogP contribution < -0.4 is 10.2 Å². The third kappa shape index (κ3) is 3.44. The Labute approximate surface area is 115 Å². The second-order valence-electron chi connectivity index (χ2n) is 6.01. The van der Waals surface area contributed by atoms with Crippen molar-refractivity contribution < 1.29 is 4.39 Å². The molecule has 106 valence electrons. The second kappa shape index (κ2) is 5.87. The highest BCUT2D eigenvalue weighted by molar-refractivity contribution is 5.49. The Hall–Kier alpha value is -1.16. The summed E-state index contributed by atoms with van der Waals surface area (Å²) >= 11 is 0. The van der Waals surface area contributed by atoms with Gasteiger partial charge in [-0.15, -0.1) is 0 Å². The quantitative estimate of drug-likeness (QED) is 0.907. The normalized spacial score (nSPS) is 23.4. The molecule has 1 aromatic heterocycles. The van der Waals surface area contributed by atoms with E-state index in [2.05, 4.69) is 42.9 Å². The van der Waals surface area contributed by atoms with E-state index in [9.17, 15) is 4.39 Å². The largest absolute Gasteiger partial charge is 0.353 e. The molecule has 0 saturated carbocycles. The van der Waals surface area contributed by atoms with Crippen molar-refractivity contribution in [3.63, 3.8) is 0 Å². The molecule has 1 fully saturated rings. The highest BCUT2D eigenvalue weighted by Crippen LogP contribution is 2.29. The molecule has 1 N–H and O–H groups in total. The summed E-state index contributed by atoms with van der Waals surface area (Å²) < 4.78 is 13.4. The first-order chi connectivity index (χ1) is 8.97. The SMILES string of the molecule is CC1CC(C)N(c2ncc(F)cc2CNC(C)C)C1. The first kappa shape index (κ1) is 14.3. The van der Waals surface area contributed by atoms with Gasteiger partial charge in [0.15, 0.2) is 0 Å². The van der Waals surface area contributed by atoms with E-state index in [1.807, 2.05) is 0 Å². The predicted molar refractivity (Wildman–Crippen MR) is 76.8 cm³/mol. The van der Waals surface area contributed by atoms with Crippen LogP contribution in [0, 0.1) is 11.7 Å². The lowest BCUT2D eigenvalue weighted by molar-refractivity contribution is 0.575. The Balaban J connectivity index is 2.23. The summed E-state index contributed by atoms with van der Waals surface area (Å²) in [4.78, 5) is 6.64. The molecule has 1 saturated heterocycles. The number of anilines is 1. The van der Waals surface area contributed by atoms with E-state index in [0.29, 0.717) is 24.5 Å². The van der Waals surface area contributed by atoms with Crippen molar-refractivity contribution >= 4 is 5.82 Å². The van der Waals surface area contributed by atoms with Gasteiger partial charge in [-0.2, -0.15) is 0 Å². The van der Waals surface area contributed by atoms with Crippen LogP contribution in [0.25, 0.3) is 0 Å². The Morgan fingerprint density at radius 1 is 1.47 bits per heavy atom. The van der Waals surface area contributed by atoms with Gasteiger partial charge >= 0.3 is 0 Å². The smallest absolute Gasteiger partial charge is 0.141 e. The Morgan fingerprint density at radius 3 is 2.79 bits per heavy atom. The molecule has 2 rings (SSSR count). The molecule has 1 aromatic rings. The molecule has 19 heavy (non-hydrogen) atoms. The van der Waals surface area contributed by atoms with Crippen molar-refractivity contribution in [2.75, 3.05) is 11.4 Å². The predicted octanol–water partition coefficient (Wildman–Crippen LogP) is 2.95. The van der Waals surface area contributed by atoms with Crippen LogP contribution in [-0.4, -0.2) is 23.6 Å². The van der Waals surface area contributed by atoms with Gasteiger partial charge in [-0.25, -0.2) is 9.37 Å². The molecular weight excluding hydrogens is 241 g/mol. The number of aromatic nitrogens is 1. The molecule has 0 aliphatic carbocycles. The first-order valence-electron chi connectivity index (χ1n) is 7.11. The maximum absolute atomic E-state index is 13.4. The fraction of sp³-hybridized carbons (Fsp3) is 0.667. The topological polar surface area (TPSA) is 28.2 Å². The van der Waals surface area contributed by atoms with E-state index in [-0.39, 0.29) is 5.82 Å². The van der Waals surface area contributed by atoms with Crippen molar-refractivity contribution in [2.24, 2.45) is 5.92 Å². The Kier molecular flexibility index (Phi) is 4.40. The molecule has 2 unspecified atom stereocenters. The number of halogens is 1. The minimum Gasteiger partial charge on any atom is -0.353 e. The van der Waals surface area contributed by atoms with Crippen molar-refractivity contribution in [2.45, 2.75) is 52.7 Å². The van der Waals surface area contributed by atoms with Crippen molar-refractivity contribution in [1.82, 2.24) is 10.3 Å². The van der Waals surface area contributed by atoms with E-state index in [0.717, 1.165) is 17.9 Å². The van der Waals surface area contributed by atoms with Gasteiger partial charge < -0.3 is 10.2 Å². The van der Waals surface area contributed by atoms with Crippen LogP contribution in [0.1, 0.15) is 39.7 Å². The van der Waals surface area contributed by atoms with Gasteiger partial charge in [-0.05, 0) is 25.3 Å². The van der Waals surface area contributed by atoms with Gasteiger partial charge in [0.2, 0.25) is 0 Å². The zero-order valence-electron chi connectivity index (χ0n) is 12.3. The Bertz CT molecular complexity index is 433. The summed E-state index contributed by atoms with van der Waals surface area (Å²) in [5, 5.41) is 3.35. The monoisotopic (exact) mass is 265 g/mol. The number of hydrogen-bond donors (Lipinski definition) is 1. The van der Waals surface area contributed by atoms with Crippen LogP contribution in [-0.2, 0) is 6.54 Å². The van der Waals surface area contributed by atoms with E-state index in [4.69, 9.17) is 0 Å². The van der Waals surface area contributed by atoms with Gasteiger partial charge in [0.05, 0.1) is 6.20 Å². The lowest BCUT2D eigenvalue weighted by Gasteiger charge is -2.25. The van der Waals surface area contributed by atoms with E-state index < -0.39 is 0 Å². The molecule has 0 amide bonds. The fourth-order valence-corrected chi connectivity index (χ4v) is 2.77. The third-order valence-electron chi connectivity index (χ3n) is 3.67. The maximum atomic E-state index is 13.4. The lowest BCUT2D eigenvalue weighted by Crippen LogP contribution is -2.30. The average Bonchev–Trinajstić information content (AvgIpc) is 2.66. The number of rotatable bonds is 4. The van der Waals surface area contributed by atoms with Gasteiger partial charge in [0, 0.05) is 30.7 Å². The third-order valence-corrected chi connectivity index (χ3v) is 3.67. The average molecular weight is 265 g/mol. The lowest BCUT2D eigenvalue weighted by atomic mass is 10.1. The minimum absolute atomic E-state index is 0.260. The standard InChI is InChI=1S/C15H24FN3/c1-10(2)17-7-13-6-14(16)8-18-15(13)19-9-11(3)5-12(19)4/h6,8,10-12,17H,5,7,9H2,1-4H3. The van der Waals surface area contributed by atoms with Crippen LogP contribution in [0.4, 0.5) is 10.2 Å². The molecule has 0 spiro atoms. The van der Waals surface area contributed by atoms with Gasteiger partial charge in [0.1, 0.15) is 11.6 Å². The molecule has 3 nitrogen and oxygen atoms in total. The summed E-state index contributed by atoms with van der Waals surface area (Å²) in [7, 11) is 0. The summed E-state index contributed by atoms with van der Waals surface area (Å²) in [6.45, 7) is 10.3. The van der Waals surface area contributed by atoms with Gasteiger partial charge in [-0.1, -0.05) is 20.8 Å². The van der Waals surface area contributed by atoms with Crippen molar-refractivity contribution in [3.05, 3.63) is 23.6 Å². The highest BCUT2D eigenvalue weighted by atomic mass is 19.1. The molecule has 2 heterocycles. The summed E-state index contributed by atoms with van der Waals surface area (Å²) in [6, 6.07) is 2.46. The number of nitrogens with one attached hydrogen (secondary N) is 1. The van der Waals surface area contributed by atoms with E-state index >= 15 is 0 Å². The molecule has 2 atom stereocenters. The van der Waals surface area contributed by atoms with Crippen molar-refractivity contribution in [3.8, 4) is 0 Å². The van der Waals surface area contributed by atoms with Crippen LogP contribution in [0.15, 0.2) is 12.3 Å². The molecule has 1 aliphatic rings. The highest BCUT2D eigenvalue weighted by Gasteiger charge is 2.28. The van der Waals surface area contributed by atoms with Crippen molar-refractivity contribution in [1.29, 1.82) is 0 Å². The van der Waals surface area contributed by atoms with E-state index in [1.54, 1.807) is 6.07 Å². The number of pyridine rings is 1. The first-order valence-corrected chi connectivity index (χ1v) is 7.11. The van der Waals surface area contributed by atoms with Crippen LogP contribution in [0.2, 0.25) is 0 Å². The summed E-state index contributed by atoms with van der Waals surface area (Å²) in [5.41, 5.74) is 0.953. The minimum atomic E-state index is -0.260. The van der Waals surface area contributed by atoms with Crippen LogP contribution >= 0.6 is 0 Å². The zero-order valence-corrected chi connectivity index (χ0v) is 12.3. The molecule has 1 aliphatic heterocycles. The number of nitrogens with zero attached hydrogens (tertiary/aromatic N) is 2. The van der Waals surface area contributed by atoms with Gasteiger partial charge in [0.25, 0.3) is 0 Å². The van der Waals surface area contributed by atoms with E-state index in [1.165, 1.54) is 12.6 Å². The summed E-state index contributed by atoms with van der Waals surface area (Å²) in [5.74, 6) is 1.35. The van der Waals surface area contributed by atoms with Gasteiger partial charge in [-0.3, -0.25) is 0 Å². The van der Waals surface area contributed by atoms with Crippen LogP contribution in [0.3, 0.4) is 0 Å². The molecule has 0 bridgehead atoms.